The molecular formula is C44H45N5. The molecule has 0 saturated carbocycles. The molecule has 0 fully saturated rings. The van der Waals surface area contributed by atoms with E-state index >= 15 is 0 Å². The standard InChI is InChI=1S/C44H45N5/c1-29-30(2)49-40(26-33(27-41(49)46-29)43(6,7)39-25-31(20-21-45-39)42(3,4)5)44(32-14-13-15-34(24-32)48-23-22-47(8)28-48)37-18-11-9-16-35(37)36-17-10-12-19-38(36)44/h9-27H,28H2,1-8H3. The predicted octanol–water partition coefficient (Wildman–Crippen LogP) is 9.51. The minimum Gasteiger partial charge on any atom is -0.361 e. The average molecular weight is 644 g/mol. The van der Waals surface area contributed by atoms with E-state index in [-0.39, 0.29) is 5.41 Å². The Kier molecular flexibility index (Phi) is 6.94. The van der Waals surface area contributed by atoms with Gasteiger partial charge in [-0.2, -0.15) is 0 Å². The highest BCUT2D eigenvalue weighted by Gasteiger charge is 2.48. The number of fused-ring (bicyclic) bond motifs is 4. The van der Waals surface area contributed by atoms with Crippen LogP contribution in [-0.2, 0) is 16.2 Å². The lowest BCUT2D eigenvalue weighted by Gasteiger charge is -2.37. The number of rotatable bonds is 5. The fourth-order valence-electron chi connectivity index (χ4n) is 8.04. The topological polar surface area (TPSA) is 36.7 Å². The first-order chi connectivity index (χ1) is 23.4. The molecule has 0 bridgehead atoms. The molecule has 5 heteroatoms. The van der Waals surface area contributed by atoms with E-state index in [0.29, 0.717) is 0 Å². The van der Waals surface area contributed by atoms with Gasteiger partial charge >= 0.3 is 0 Å². The summed E-state index contributed by atoms with van der Waals surface area (Å²) in [4.78, 5) is 14.7. The number of nitrogens with zero attached hydrogens (tertiary/aromatic N) is 5. The van der Waals surface area contributed by atoms with Gasteiger partial charge in [-0.1, -0.05) is 95.3 Å². The van der Waals surface area contributed by atoms with E-state index < -0.39 is 10.8 Å². The van der Waals surface area contributed by atoms with E-state index in [2.05, 4.69) is 179 Å². The first-order valence-electron chi connectivity index (χ1n) is 17.3. The van der Waals surface area contributed by atoms with Crippen molar-refractivity contribution in [1.29, 1.82) is 0 Å². The van der Waals surface area contributed by atoms with Crippen molar-refractivity contribution in [3.8, 4) is 11.1 Å². The minimum absolute atomic E-state index is 0.0197. The first kappa shape index (κ1) is 31.1. The molecule has 49 heavy (non-hydrogen) atoms. The summed E-state index contributed by atoms with van der Waals surface area (Å²) in [5.41, 5.74) is 14.4. The zero-order valence-corrected chi connectivity index (χ0v) is 29.9. The number of benzene rings is 3. The number of pyridine rings is 2. The van der Waals surface area contributed by atoms with Crippen molar-refractivity contribution in [3.05, 3.63) is 166 Å². The van der Waals surface area contributed by atoms with Gasteiger partial charge in [0.25, 0.3) is 0 Å². The summed E-state index contributed by atoms with van der Waals surface area (Å²) in [6.45, 7) is 16.6. The molecule has 246 valence electrons. The van der Waals surface area contributed by atoms with Gasteiger partial charge in [0, 0.05) is 48.1 Å². The number of aryl methyl sites for hydroxylation is 2. The summed E-state index contributed by atoms with van der Waals surface area (Å²) in [5.74, 6) is 0. The monoisotopic (exact) mass is 643 g/mol. The fourth-order valence-corrected chi connectivity index (χ4v) is 8.04. The van der Waals surface area contributed by atoms with Crippen LogP contribution in [0.4, 0.5) is 5.69 Å². The van der Waals surface area contributed by atoms with Gasteiger partial charge in [-0.25, -0.2) is 4.98 Å². The number of hydrogen-bond acceptors (Lipinski definition) is 4. The molecule has 0 atom stereocenters. The van der Waals surface area contributed by atoms with E-state index in [1.807, 2.05) is 6.20 Å². The molecule has 0 radical (unpaired) electrons. The van der Waals surface area contributed by atoms with Crippen LogP contribution < -0.4 is 4.90 Å². The number of imidazole rings is 1. The maximum absolute atomic E-state index is 5.21. The summed E-state index contributed by atoms with van der Waals surface area (Å²) >= 11 is 0. The van der Waals surface area contributed by atoms with Crippen LogP contribution in [0.3, 0.4) is 0 Å². The van der Waals surface area contributed by atoms with E-state index in [0.717, 1.165) is 29.4 Å². The van der Waals surface area contributed by atoms with Crippen molar-refractivity contribution in [2.75, 3.05) is 18.6 Å². The summed E-state index contributed by atoms with van der Waals surface area (Å²) in [7, 11) is 2.12. The molecule has 6 aromatic rings. The van der Waals surface area contributed by atoms with Gasteiger partial charge in [0.2, 0.25) is 0 Å². The quantitative estimate of drug-likeness (QED) is 0.187. The number of aromatic nitrogens is 3. The van der Waals surface area contributed by atoms with Crippen molar-refractivity contribution in [1.82, 2.24) is 19.3 Å². The molecule has 1 aliphatic carbocycles. The highest BCUT2D eigenvalue weighted by atomic mass is 15.3. The largest absolute Gasteiger partial charge is 0.361 e. The second-order valence-corrected chi connectivity index (χ2v) is 15.5. The lowest BCUT2D eigenvalue weighted by Crippen LogP contribution is -2.33. The molecule has 5 nitrogen and oxygen atoms in total. The zero-order chi connectivity index (χ0) is 34.3. The van der Waals surface area contributed by atoms with Gasteiger partial charge in [0.05, 0.1) is 23.5 Å². The van der Waals surface area contributed by atoms with Crippen molar-refractivity contribution in [2.45, 2.75) is 64.7 Å². The molecule has 0 saturated heterocycles. The molecule has 0 N–H and O–H groups in total. The van der Waals surface area contributed by atoms with Crippen molar-refractivity contribution in [3.63, 3.8) is 0 Å². The third-order valence-corrected chi connectivity index (χ3v) is 11.0. The minimum atomic E-state index is -0.610. The second-order valence-electron chi connectivity index (χ2n) is 15.5. The van der Waals surface area contributed by atoms with Gasteiger partial charge in [-0.15, -0.1) is 0 Å². The van der Waals surface area contributed by atoms with Crippen LogP contribution >= 0.6 is 0 Å². The first-order valence-corrected chi connectivity index (χ1v) is 17.3. The molecule has 3 aromatic carbocycles. The highest BCUT2D eigenvalue weighted by molar-refractivity contribution is 5.86. The maximum atomic E-state index is 5.21. The smallest absolute Gasteiger partial charge is 0.137 e. The van der Waals surface area contributed by atoms with E-state index in [1.165, 1.54) is 50.3 Å². The maximum Gasteiger partial charge on any atom is 0.137 e. The number of anilines is 1. The van der Waals surface area contributed by atoms with Crippen molar-refractivity contribution >= 4 is 11.3 Å². The predicted molar refractivity (Wildman–Crippen MR) is 201 cm³/mol. The van der Waals surface area contributed by atoms with Gasteiger partial charge in [0.1, 0.15) is 5.65 Å². The second kappa shape index (κ2) is 10.9. The fraction of sp³-hybridized carbons (Fsp3) is 0.273. The number of hydrogen-bond donors (Lipinski definition) is 0. The van der Waals surface area contributed by atoms with E-state index in [4.69, 9.17) is 9.97 Å². The van der Waals surface area contributed by atoms with E-state index in [9.17, 15) is 0 Å². The molecule has 1 aliphatic heterocycles. The third-order valence-electron chi connectivity index (χ3n) is 11.0. The molecule has 2 aliphatic rings. The Morgan fingerprint density at radius 3 is 2.06 bits per heavy atom. The molecule has 4 heterocycles. The Balaban J connectivity index is 1.48. The Bertz CT molecular complexity index is 2240. The molecule has 3 aromatic heterocycles. The van der Waals surface area contributed by atoms with E-state index in [1.54, 1.807) is 0 Å². The molecule has 0 unspecified atom stereocenters. The van der Waals surface area contributed by atoms with Crippen molar-refractivity contribution in [2.24, 2.45) is 0 Å². The zero-order valence-electron chi connectivity index (χ0n) is 29.9. The third kappa shape index (κ3) is 4.66. The summed E-state index contributed by atoms with van der Waals surface area (Å²) in [5, 5.41) is 0. The Morgan fingerprint density at radius 2 is 1.41 bits per heavy atom. The van der Waals surface area contributed by atoms with Gasteiger partial charge < -0.3 is 9.80 Å². The summed E-state index contributed by atoms with van der Waals surface area (Å²) in [6.07, 6.45) is 6.28. The van der Waals surface area contributed by atoms with Crippen LogP contribution in [0.5, 0.6) is 0 Å². The lowest BCUT2D eigenvalue weighted by atomic mass is 9.68. The van der Waals surface area contributed by atoms with Crippen LogP contribution in [0.15, 0.2) is 116 Å². The van der Waals surface area contributed by atoms with Gasteiger partial charge in [-0.3, -0.25) is 9.38 Å². The highest BCUT2D eigenvalue weighted by Crippen LogP contribution is 2.57. The Morgan fingerprint density at radius 1 is 0.714 bits per heavy atom. The lowest BCUT2D eigenvalue weighted by molar-refractivity contribution is 0.495. The SMILES string of the molecule is Cc1nc2cc(C(C)(C)c3cc(C(C)(C)C)ccn3)cc(C3(c4cccc(N5C=CN(C)C5)c4)c4ccccc4-c4ccccc43)n2c1C. The average Bonchev–Trinajstić information content (AvgIpc) is 3.76. The Labute approximate surface area is 290 Å². The molecular weight excluding hydrogens is 599 g/mol. The summed E-state index contributed by atoms with van der Waals surface area (Å²) in [6, 6.07) is 36.3. The van der Waals surface area contributed by atoms with Crippen LogP contribution in [0.1, 0.15) is 85.2 Å². The Hall–Kier alpha value is -5.16. The summed E-state index contributed by atoms with van der Waals surface area (Å²) < 4.78 is 2.42. The molecule has 8 rings (SSSR count). The van der Waals surface area contributed by atoms with Crippen LogP contribution in [0.2, 0.25) is 0 Å². The van der Waals surface area contributed by atoms with Crippen molar-refractivity contribution < 1.29 is 0 Å². The van der Waals surface area contributed by atoms with Crippen LogP contribution in [-0.4, -0.2) is 33.0 Å². The molecule has 0 spiro atoms. The normalized spacial score (nSPS) is 15.3. The van der Waals surface area contributed by atoms with Gasteiger partial charge in [0.15, 0.2) is 0 Å². The van der Waals surface area contributed by atoms with Crippen LogP contribution in [0.25, 0.3) is 16.8 Å². The van der Waals surface area contributed by atoms with Gasteiger partial charge in [-0.05, 0) is 94.6 Å². The molecule has 0 amide bonds. The van der Waals surface area contributed by atoms with Crippen LogP contribution in [0, 0.1) is 13.8 Å².